The maximum atomic E-state index is 13.9. The van der Waals surface area contributed by atoms with Crippen LogP contribution in [0.2, 0.25) is 0 Å². The third-order valence-electron chi connectivity index (χ3n) is 7.62. The Labute approximate surface area is 207 Å². The molecule has 1 heterocycles. The van der Waals surface area contributed by atoms with Crippen LogP contribution in [0.3, 0.4) is 0 Å². The highest BCUT2D eigenvalue weighted by molar-refractivity contribution is 5.62. The van der Waals surface area contributed by atoms with Gasteiger partial charge in [0.2, 0.25) is 6.73 Å². The fraction of sp³-hybridized carbons (Fsp3) is 0.571. The third-order valence-corrected chi connectivity index (χ3v) is 7.62. The Hall–Kier alpha value is -2.25. The van der Waals surface area contributed by atoms with Crippen LogP contribution in [0.5, 0.6) is 5.75 Å². The lowest BCUT2D eigenvalue weighted by molar-refractivity contribution is -0.985. The molecule has 0 spiro atoms. The molecular formula is C28H38F3N2O2+. The molecule has 2 aliphatic rings. The smallest absolute Gasteiger partial charge is 0.395 e. The molecule has 1 fully saturated rings. The molecule has 2 aromatic rings. The second kappa shape index (κ2) is 9.66. The van der Waals surface area contributed by atoms with Gasteiger partial charge in [0.05, 0.1) is 25.7 Å². The summed E-state index contributed by atoms with van der Waals surface area (Å²) in [6.07, 6.45) is -0.663. The molecule has 1 saturated heterocycles. The lowest BCUT2D eigenvalue weighted by Gasteiger charge is -2.52. The average Bonchev–Trinajstić information content (AvgIpc) is 3.25. The predicted molar refractivity (Wildman–Crippen MR) is 132 cm³/mol. The van der Waals surface area contributed by atoms with E-state index in [1.807, 2.05) is 52.1 Å². The molecule has 0 bridgehead atoms. The van der Waals surface area contributed by atoms with Crippen LogP contribution in [0.15, 0.2) is 42.5 Å². The number of piperidine rings is 1. The van der Waals surface area contributed by atoms with Gasteiger partial charge in [-0.15, -0.1) is 0 Å². The van der Waals surface area contributed by atoms with E-state index >= 15 is 0 Å². The SMILES string of the molecule is COc1cc2c(cc1N(C)[N+]1(COC(C)(C)C)CCCCC1c1ccccc1)C(C(F)(F)F)CC2. The topological polar surface area (TPSA) is 21.7 Å². The second-order valence-electron chi connectivity index (χ2n) is 10.9. The van der Waals surface area contributed by atoms with Crippen LogP contribution in [-0.2, 0) is 11.2 Å². The first kappa shape index (κ1) is 25.8. The van der Waals surface area contributed by atoms with Crippen molar-refractivity contribution < 1.29 is 27.2 Å². The highest BCUT2D eigenvalue weighted by Crippen LogP contribution is 2.49. The van der Waals surface area contributed by atoms with Crippen LogP contribution in [0.25, 0.3) is 0 Å². The number of rotatable bonds is 6. The van der Waals surface area contributed by atoms with E-state index in [9.17, 15) is 13.2 Å². The van der Waals surface area contributed by atoms with E-state index < -0.39 is 12.1 Å². The highest BCUT2D eigenvalue weighted by Gasteiger charge is 2.48. The minimum Gasteiger partial charge on any atom is -0.494 e. The number of methoxy groups -OCH3 is 1. The summed E-state index contributed by atoms with van der Waals surface area (Å²) in [7, 11) is 3.57. The summed E-state index contributed by atoms with van der Waals surface area (Å²) < 4.78 is 54.2. The van der Waals surface area contributed by atoms with Gasteiger partial charge in [-0.2, -0.15) is 17.8 Å². The van der Waals surface area contributed by atoms with E-state index in [0.29, 0.717) is 34.7 Å². The molecule has 35 heavy (non-hydrogen) atoms. The quantitative estimate of drug-likeness (QED) is 0.401. The number of hydrogen-bond donors (Lipinski definition) is 0. The van der Waals surface area contributed by atoms with Gasteiger partial charge in [0.1, 0.15) is 24.0 Å². The first-order valence-corrected chi connectivity index (χ1v) is 12.5. The molecule has 0 amide bonds. The van der Waals surface area contributed by atoms with Crippen molar-refractivity contribution in [3.05, 3.63) is 59.2 Å². The van der Waals surface area contributed by atoms with Gasteiger partial charge < -0.3 is 9.47 Å². The number of aryl methyl sites for hydroxylation is 1. The fourth-order valence-corrected chi connectivity index (χ4v) is 5.74. The molecule has 2 aromatic carbocycles. The zero-order valence-electron chi connectivity index (χ0n) is 21.5. The number of ether oxygens (including phenoxy) is 2. The standard InChI is InChI=1S/C28H38F3N2O2/c1-27(2,3)35-19-33(16-10-9-13-25(33)20-11-7-6-8-12-20)32(4)24-18-22-21(17-26(24)34-5)14-15-23(22)28(29,30)31/h6-8,11-12,17-18,23,25H,9-10,13-16,19H2,1-5H3/q+1. The lowest BCUT2D eigenvalue weighted by Crippen LogP contribution is -2.64. The number of fused-ring (bicyclic) bond motifs is 1. The van der Waals surface area contributed by atoms with Crippen LogP contribution in [0.1, 0.15) is 75.1 Å². The second-order valence-corrected chi connectivity index (χ2v) is 10.9. The molecule has 4 rings (SSSR count). The molecule has 192 valence electrons. The molecule has 0 aromatic heterocycles. The van der Waals surface area contributed by atoms with Gasteiger partial charge in [0.15, 0.2) is 0 Å². The molecular weight excluding hydrogens is 453 g/mol. The van der Waals surface area contributed by atoms with Crippen molar-refractivity contribution in [3.63, 3.8) is 0 Å². The summed E-state index contributed by atoms with van der Waals surface area (Å²) in [5, 5.41) is 2.12. The van der Waals surface area contributed by atoms with Gasteiger partial charge in [-0.25, -0.2) is 5.01 Å². The van der Waals surface area contributed by atoms with Crippen LogP contribution in [0, 0.1) is 0 Å². The van der Waals surface area contributed by atoms with Crippen molar-refractivity contribution in [2.24, 2.45) is 0 Å². The van der Waals surface area contributed by atoms with E-state index in [4.69, 9.17) is 9.47 Å². The summed E-state index contributed by atoms with van der Waals surface area (Å²) in [6, 6.07) is 14.1. The molecule has 7 heteroatoms. The van der Waals surface area contributed by atoms with Crippen LogP contribution in [0.4, 0.5) is 18.9 Å². The lowest BCUT2D eigenvalue weighted by atomic mass is 9.94. The first-order chi connectivity index (χ1) is 16.5. The van der Waals surface area contributed by atoms with E-state index in [0.717, 1.165) is 31.4 Å². The molecule has 3 unspecified atom stereocenters. The van der Waals surface area contributed by atoms with E-state index in [1.54, 1.807) is 13.2 Å². The van der Waals surface area contributed by atoms with E-state index in [2.05, 4.69) is 17.1 Å². The Morgan fingerprint density at radius 3 is 2.37 bits per heavy atom. The first-order valence-electron chi connectivity index (χ1n) is 12.5. The minimum absolute atomic E-state index is 0.0922. The Morgan fingerprint density at radius 1 is 1.03 bits per heavy atom. The number of benzene rings is 2. The van der Waals surface area contributed by atoms with Crippen molar-refractivity contribution in [1.29, 1.82) is 0 Å². The number of alkyl halides is 3. The van der Waals surface area contributed by atoms with Gasteiger partial charge in [-0.05, 0) is 69.7 Å². The normalized spacial score (nSPS) is 24.8. The molecule has 3 atom stereocenters. The number of anilines is 1. The van der Waals surface area contributed by atoms with Gasteiger partial charge in [-0.3, -0.25) is 0 Å². The summed E-state index contributed by atoms with van der Waals surface area (Å²) >= 11 is 0. The van der Waals surface area contributed by atoms with E-state index in [-0.39, 0.29) is 18.1 Å². The van der Waals surface area contributed by atoms with Crippen LogP contribution < -0.4 is 9.75 Å². The van der Waals surface area contributed by atoms with Gasteiger partial charge in [0, 0.05) is 12.0 Å². The molecule has 0 radical (unpaired) electrons. The summed E-state index contributed by atoms with van der Waals surface area (Å²) in [6.45, 7) is 7.36. The molecule has 0 saturated carbocycles. The number of halogens is 3. The maximum absolute atomic E-state index is 13.9. The Kier molecular flexibility index (Phi) is 7.13. The number of nitrogens with zero attached hydrogens (tertiary/aromatic N) is 2. The molecule has 4 nitrogen and oxygen atoms in total. The summed E-state index contributed by atoms with van der Waals surface area (Å²) in [4.78, 5) is 0. The average molecular weight is 492 g/mol. The minimum atomic E-state index is -4.25. The monoisotopic (exact) mass is 491 g/mol. The number of hydrogen-bond acceptors (Lipinski definition) is 3. The van der Waals surface area contributed by atoms with Gasteiger partial charge in [-0.1, -0.05) is 30.3 Å². The molecule has 1 aliphatic heterocycles. The summed E-state index contributed by atoms with van der Waals surface area (Å²) in [5.74, 6) is -0.819. The van der Waals surface area contributed by atoms with E-state index in [1.165, 1.54) is 5.56 Å². The zero-order chi connectivity index (χ0) is 25.4. The third kappa shape index (κ3) is 5.17. The zero-order valence-corrected chi connectivity index (χ0v) is 21.5. The van der Waals surface area contributed by atoms with Crippen LogP contribution >= 0.6 is 0 Å². The molecule has 0 N–H and O–H groups in total. The predicted octanol–water partition coefficient (Wildman–Crippen LogP) is 7.15. The van der Waals surface area contributed by atoms with Crippen molar-refractivity contribution in [1.82, 2.24) is 0 Å². The van der Waals surface area contributed by atoms with Crippen molar-refractivity contribution in [3.8, 4) is 5.75 Å². The Balaban J connectivity index is 1.84. The molecule has 1 aliphatic carbocycles. The van der Waals surface area contributed by atoms with Gasteiger partial charge in [0.25, 0.3) is 0 Å². The highest BCUT2D eigenvalue weighted by atomic mass is 19.4. The Bertz CT molecular complexity index is 1020. The largest absolute Gasteiger partial charge is 0.494 e. The van der Waals surface area contributed by atoms with Crippen molar-refractivity contribution >= 4 is 5.69 Å². The fourth-order valence-electron chi connectivity index (χ4n) is 5.74. The number of likely N-dealkylation sites (tertiary alicyclic amines) is 1. The van der Waals surface area contributed by atoms with Crippen molar-refractivity contribution in [2.45, 2.75) is 76.6 Å². The maximum Gasteiger partial charge on any atom is 0.395 e. The number of quaternary nitrogens is 1. The summed E-state index contributed by atoms with van der Waals surface area (Å²) in [5.41, 5.74) is 2.65. The Morgan fingerprint density at radius 2 is 1.74 bits per heavy atom. The van der Waals surface area contributed by atoms with Gasteiger partial charge >= 0.3 is 6.18 Å². The van der Waals surface area contributed by atoms with Crippen LogP contribution in [-0.4, -0.2) is 43.8 Å². The van der Waals surface area contributed by atoms with Crippen molar-refractivity contribution in [2.75, 3.05) is 32.4 Å².